The third-order valence-corrected chi connectivity index (χ3v) is 4.31. The van der Waals surface area contributed by atoms with Gasteiger partial charge >= 0.3 is 0 Å². The van der Waals surface area contributed by atoms with Crippen molar-refractivity contribution in [2.45, 2.75) is 18.9 Å². The number of likely N-dealkylation sites (tertiary alicyclic amines) is 1. The molecule has 0 atom stereocenters. The zero-order valence-electron chi connectivity index (χ0n) is 12.2. The van der Waals surface area contributed by atoms with Crippen LogP contribution in [0.5, 0.6) is 0 Å². The Morgan fingerprint density at radius 2 is 1.33 bits per heavy atom. The minimum Gasteiger partial charge on any atom is -0.281 e. The first-order valence-electron chi connectivity index (χ1n) is 7.13. The van der Waals surface area contributed by atoms with E-state index in [-0.39, 0.29) is 19.5 Å². The second-order valence-corrected chi connectivity index (χ2v) is 5.61. The van der Waals surface area contributed by atoms with Gasteiger partial charge in [-0.15, -0.1) is 4.91 Å². The van der Waals surface area contributed by atoms with Crippen molar-refractivity contribution in [1.82, 2.24) is 9.80 Å². The molecule has 2 amide bonds. The lowest BCUT2D eigenvalue weighted by Gasteiger charge is -2.34. The van der Waals surface area contributed by atoms with Gasteiger partial charge in [0.25, 0.3) is 11.8 Å². The zero-order valence-corrected chi connectivity index (χ0v) is 12.2. The Labute approximate surface area is 133 Å². The van der Waals surface area contributed by atoms with Crippen LogP contribution < -0.4 is 0 Å². The van der Waals surface area contributed by atoms with Crippen LogP contribution in [0.3, 0.4) is 0 Å². The van der Waals surface area contributed by atoms with Crippen molar-refractivity contribution in [2.24, 2.45) is 5.18 Å². The van der Waals surface area contributed by atoms with Crippen LogP contribution >= 0.6 is 0 Å². The fourth-order valence-electron chi connectivity index (χ4n) is 3.10. The van der Waals surface area contributed by atoms with Crippen LogP contribution in [0.1, 0.15) is 33.6 Å². The number of imide groups is 1. The molecule has 128 valence electrons. The number of piperidine rings is 1. The van der Waals surface area contributed by atoms with Gasteiger partial charge in [-0.05, 0) is 12.8 Å². The predicted octanol–water partition coefficient (Wildman–Crippen LogP) is 2.03. The second-order valence-electron chi connectivity index (χ2n) is 5.61. The molecule has 0 spiro atoms. The first-order chi connectivity index (χ1) is 11.4. The van der Waals surface area contributed by atoms with E-state index in [2.05, 4.69) is 5.18 Å². The summed E-state index contributed by atoms with van der Waals surface area (Å²) in [6.07, 6.45) is 0.518. The Morgan fingerprint density at radius 3 is 1.75 bits per heavy atom. The van der Waals surface area contributed by atoms with E-state index in [9.17, 15) is 32.1 Å². The van der Waals surface area contributed by atoms with Gasteiger partial charge in [0.05, 0.1) is 11.1 Å². The maximum atomic E-state index is 13.8. The molecule has 3 rings (SSSR count). The molecule has 1 aromatic carbocycles. The molecular formula is C14H11F4N3O3. The zero-order chi connectivity index (χ0) is 17.6. The molecule has 1 aromatic rings. The van der Waals surface area contributed by atoms with Crippen LogP contribution in [-0.4, -0.2) is 47.4 Å². The van der Waals surface area contributed by atoms with E-state index in [1.165, 1.54) is 0 Å². The Hall–Kier alpha value is -2.36. The number of rotatable bonds is 3. The third-order valence-electron chi connectivity index (χ3n) is 4.31. The molecule has 0 unspecified atom stereocenters. The fraction of sp³-hybridized carbons (Fsp3) is 0.429. The van der Waals surface area contributed by atoms with Crippen LogP contribution in [0.15, 0.2) is 5.18 Å². The number of hydrogen-bond donors (Lipinski definition) is 0. The molecule has 6 nitrogen and oxygen atoms in total. The number of fused-ring (bicyclic) bond motifs is 1. The van der Waals surface area contributed by atoms with Crippen LogP contribution in [0.4, 0.5) is 17.6 Å². The number of carbonyl (C=O) groups excluding carboxylic acids is 2. The average Bonchev–Trinajstić information content (AvgIpc) is 2.83. The highest BCUT2D eigenvalue weighted by molar-refractivity contribution is 6.21. The van der Waals surface area contributed by atoms with Crippen molar-refractivity contribution in [3.05, 3.63) is 39.3 Å². The summed E-state index contributed by atoms with van der Waals surface area (Å²) in [6.45, 7) is 0.642. The van der Waals surface area contributed by atoms with E-state index in [4.69, 9.17) is 0 Å². The molecule has 0 aliphatic carbocycles. The first kappa shape index (κ1) is 16.5. The van der Waals surface area contributed by atoms with E-state index < -0.39 is 52.3 Å². The number of halogens is 4. The van der Waals surface area contributed by atoms with Gasteiger partial charge in [-0.2, -0.15) is 0 Å². The van der Waals surface area contributed by atoms with Gasteiger partial charge in [0.2, 0.25) is 0 Å². The lowest BCUT2D eigenvalue weighted by atomic mass is 10.0. The molecule has 0 N–H and O–H groups in total. The Morgan fingerprint density at radius 1 is 0.875 bits per heavy atom. The summed E-state index contributed by atoms with van der Waals surface area (Å²) < 4.78 is 54.3. The van der Waals surface area contributed by atoms with Gasteiger partial charge in [-0.1, -0.05) is 5.18 Å². The van der Waals surface area contributed by atoms with Gasteiger partial charge in [0, 0.05) is 19.1 Å². The van der Waals surface area contributed by atoms with Crippen molar-refractivity contribution < 1.29 is 27.2 Å². The SMILES string of the molecule is O=NCN1CCC(N2C(=O)c3c(F)c(F)c(F)c(F)c3C2=O)CC1. The normalized spacial score (nSPS) is 19.1. The van der Waals surface area contributed by atoms with Crippen LogP contribution in [0.2, 0.25) is 0 Å². The molecule has 0 saturated carbocycles. The number of carbonyl (C=O) groups is 2. The molecular weight excluding hydrogens is 334 g/mol. The smallest absolute Gasteiger partial charge is 0.265 e. The minimum absolute atomic E-state index is 0.0471. The number of nitrogens with zero attached hydrogens (tertiary/aromatic N) is 3. The summed E-state index contributed by atoms with van der Waals surface area (Å²) in [5.74, 6) is -10.4. The number of amides is 2. The lowest BCUT2D eigenvalue weighted by Crippen LogP contribution is -2.47. The van der Waals surface area contributed by atoms with E-state index in [0.29, 0.717) is 18.0 Å². The molecule has 0 aromatic heterocycles. The maximum Gasteiger partial charge on any atom is 0.265 e. The molecule has 1 saturated heterocycles. The van der Waals surface area contributed by atoms with Gasteiger partial charge in [0.15, 0.2) is 23.3 Å². The van der Waals surface area contributed by atoms with Gasteiger partial charge in [-0.25, -0.2) is 17.6 Å². The van der Waals surface area contributed by atoms with Crippen molar-refractivity contribution in [1.29, 1.82) is 0 Å². The largest absolute Gasteiger partial charge is 0.281 e. The van der Waals surface area contributed by atoms with E-state index in [0.717, 1.165) is 0 Å². The standard InChI is InChI=1S/C14H11F4N3O3/c15-9-7-8(10(16)12(18)11(9)17)14(23)21(13(7)22)6-1-3-20(4-2-6)5-19-24/h6H,1-5H2. The van der Waals surface area contributed by atoms with Gasteiger partial charge in [-0.3, -0.25) is 19.4 Å². The monoisotopic (exact) mass is 345 g/mol. The summed E-state index contributed by atoms with van der Waals surface area (Å²) in [6, 6.07) is -0.676. The maximum absolute atomic E-state index is 13.8. The summed E-state index contributed by atoms with van der Waals surface area (Å²) in [4.78, 5) is 37.1. The highest BCUT2D eigenvalue weighted by Crippen LogP contribution is 2.34. The Balaban J connectivity index is 1.93. The lowest BCUT2D eigenvalue weighted by molar-refractivity contribution is 0.0502. The molecule has 2 aliphatic heterocycles. The van der Waals surface area contributed by atoms with E-state index >= 15 is 0 Å². The molecule has 2 aliphatic rings. The fourth-order valence-corrected chi connectivity index (χ4v) is 3.10. The number of benzene rings is 1. The third kappa shape index (κ3) is 2.29. The van der Waals surface area contributed by atoms with Crippen molar-refractivity contribution >= 4 is 11.8 Å². The van der Waals surface area contributed by atoms with Crippen molar-refractivity contribution in [3.8, 4) is 0 Å². The topological polar surface area (TPSA) is 70.1 Å². The highest BCUT2D eigenvalue weighted by atomic mass is 19.2. The molecule has 1 fully saturated rings. The second kappa shape index (κ2) is 5.93. The van der Waals surface area contributed by atoms with E-state index in [1.807, 2.05) is 0 Å². The first-order valence-corrected chi connectivity index (χ1v) is 7.13. The summed E-state index contributed by atoms with van der Waals surface area (Å²) in [5.41, 5.74) is -2.15. The highest BCUT2D eigenvalue weighted by Gasteiger charge is 2.46. The van der Waals surface area contributed by atoms with Gasteiger partial charge < -0.3 is 0 Å². The van der Waals surface area contributed by atoms with Crippen LogP contribution in [0.25, 0.3) is 0 Å². The van der Waals surface area contributed by atoms with Gasteiger partial charge in [0.1, 0.15) is 6.67 Å². The molecule has 10 heteroatoms. The van der Waals surface area contributed by atoms with E-state index in [1.54, 1.807) is 4.90 Å². The molecule has 0 radical (unpaired) electrons. The summed E-state index contributed by atoms with van der Waals surface area (Å²) in [5, 5.41) is 2.73. The van der Waals surface area contributed by atoms with Crippen molar-refractivity contribution in [3.63, 3.8) is 0 Å². The quantitative estimate of drug-likeness (QED) is 0.276. The number of hydrogen-bond acceptors (Lipinski definition) is 5. The minimum atomic E-state index is -2.12. The van der Waals surface area contributed by atoms with Crippen molar-refractivity contribution in [2.75, 3.05) is 19.8 Å². The summed E-state index contributed by atoms with van der Waals surface area (Å²) in [7, 11) is 0. The Bertz CT molecular complexity index is 701. The Kier molecular flexibility index (Phi) is 4.08. The van der Waals surface area contributed by atoms with Crippen LogP contribution in [-0.2, 0) is 0 Å². The van der Waals surface area contributed by atoms with Crippen LogP contribution in [0, 0.1) is 28.2 Å². The average molecular weight is 345 g/mol. The molecule has 2 heterocycles. The molecule has 24 heavy (non-hydrogen) atoms. The molecule has 0 bridgehead atoms. The predicted molar refractivity (Wildman–Crippen MR) is 72.0 cm³/mol. The summed E-state index contributed by atoms with van der Waals surface area (Å²) >= 11 is 0. The number of nitroso groups, excluding NO2 is 1.